The summed E-state index contributed by atoms with van der Waals surface area (Å²) in [7, 11) is 0. The van der Waals surface area contributed by atoms with E-state index in [1.54, 1.807) is 0 Å². The minimum atomic E-state index is -0.796. The van der Waals surface area contributed by atoms with Crippen molar-refractivity contribution in [2.24, 2.45) is 0 Å². The molecule has 0 amide bonds. The Balaban J connectivity index is 2.71. The van der Waals surface area contributed by atoms with E-state index in [9.17, 15) is 9.90 Å². The molecular formula is C16H22O2. The third-order valence-corrected chi connectivity index (χ3v) is 4.08. The third-order valence-electron chi connectivity index (χ3n) is 4.08. The van der Waals surface area contributed by atoms with Crippen molar-refractivity contribution in [3.63, 3.8) is 0 Å². The molecule has 0 heterocycles. The summed E-state index contributed by atoms with van der Waals surface area (Å²) < 4.78 is 0. The molecule has 0 unspecified atom stereocenters. The Bertz CT molecular complexity index is 505. The maximum atomic E-state index is 11.5. The lowest BCUT2D eigenvalue weighted by Gasteiger charge is -2.25. The second kappa shape index (κ2) is 3.84. The summed E-state index contributed by atoms with van der Waals surface area (Å²) in [6.07, 6.45) is 1.92. The molecule has 0 saturated carbocycles. The average Bonchev–Trinajstić information content (AvgIpc) is 2.52. The summed E-state index contributed by atoms with van der Waals surface area (Å²) in [5.74, 6) is -0.796. The molecule has 0 aliphatic heterocycles. The molecule has 18 heavy (non-hydrogen) atoms. The predicted molar refractivity (Wildman–Crippen MR) is 73.4 cm³/mol. The minimum Gasteiger partial charge on any atom is -0.478 e. The van der Waals surface area contributed by atoms with Crippen LogP contribution in [0.2, 0.25) is 0 Å². The van der Waals surface area contributed by atoms with Gasteiger partial charge in [0.2, 0.25) is 0 Å². The van der Waals surface area contributed by atoms with E-state index in [4.69, 9.17) is 0 Å². The summed E-state index contributed by atoms with van der Waals surface area (Å²) in [6, 6.07) is 4.08. The van der Waals surface area contributed by atoms with Crippen LogP contribution >= 0.6 is 0 Å². The Kier molecular flexibility index (Phi) is 2.80. The fourth-order valence-electron chi connectivity index (χ4n) is 2.74. The number of carboxylic acids is 1. The van der Waals surface area contributed by atoms with Gasteiger partial charge in [-0.05, 0) is 46.4 Å². The molecule has 1 N–H and O–H groups in total. The lowest BCUT2D eigenvalue weighted by atomic mass is 9.79. The van der Waals surface area contributed by atoms with Crippen molar-refractivity contribution in [2.75, 3.05) is 0 Å². The molecule has 2 nitrogen and oxygen atoms in total. The topological polar surface area (TPSA) is 37.3 Å². The molecule has 0 bridgehead atoms. The molecule has 0 atom stereocenters. The van der Waals surface area contributed by atoms with Crippen LogP contribution in [0.5, 0.6) is 0 Å². The van der Waals surface area contributed by atoms with Crippen molar-refractivity contribution in [1.29, 1.82) is 0 Å². The van der Waals surface area contributed by atoms with Crippen LogP contribution in [0.3, 0.4) is 0 Å². The Morgan fingerprint density at radius 3 is 2.39 bits per heavy atom. The quantitative estimate of drug-likeness (QED) is 0.815. The van der Waals surface area contributed by atoms with Gasteiger partial charge in [0.25, 0.3) is 0 Å². The van der Waals surface area contributed by atoms with Crippen LogP contribution in [0.4, 0.5) is 0 Å². The van der Waals surface area contributed by atoms with Gasteiger partial charge >= 0.3 is 5.97 Å². The van der Waals surface area contributed by atoms with Crippen molar-refractivity contribution in [3.05, 3.63) is 34.4 Å². The van der Waals surface area contributed by atoms with Crippen LogP contribution in [0.15, 0.2) is 12.1 Å². The van der Waals surface area contributed by atoms with E-state index in [0.717, 1.165) is 24.0 Å². The summed E-state index contributed by atoms with van der Waals surface area (Å²) in [4.78, 5) is 11.5. The normalized spacial score (nSPS) is 17.6. The van der Waals surface area contributed by atoms with Gasteiger partial charge in [0, 0.05) is 0 Å². The zero-order valence-corrected chi connectivity index (χ0v) is 11.9. The van der Waals surface area contributed by atoms with E-state index >= 15 is 0 Å². The maximum Gasteiger partial charge on any atom is 0.335 e. The molecule has 1 aromatic carbocycles. The minimum absolute atomic E-state index is 0.0160. The Morgan fingerprint density at radius 1 is 1.28 bits per heavy atom. The first-order valence-corrected chi connectivity index (χ1v) is 6.54. The van der Waals surface area contributed by atoms with Crippen LogP contribution in [-0.4, -0.2) is 11.1 Å². The second-order valence-corrected chi connectivity index (χ2v) is 6.99. The molecule has 0 radical (unpaired) electrons. The fourth-order valence-corrected chi connectivity index (χ4v) is 2.74. The molecule has 1 aliphatic carbocycles. The largest absolute Gasteiger partial charge is 0.478 e. The van der Waals surface area contributed by atoms with Gasteiger partial charge in [-0.25, -0.2) is 4.79 Å². The molecule has 0 aromatic heterocycles. The van der Waals surface area contributed by atoms with Gasteiger partial charge in [0.05, 0.1) is 5.56 Å². The number of rotatable bonds is 1. The molecule has 1 aliphatic rings. The molecule has 1 aromatic rings. The lowest BCUT2D eigenvalue weighted by molar-refractivity contribution is 0.0695. The first-order chi connectivity index (χ1) is 8.13. The Morgan fingerprint density at radius 2 is 1.89 bits per heavy atom. The Labute approximate surface area is 109 Å². The van der Waals surface area contributed by atoms with Crippen LogP contribution in [-0.2, 0) is 17.3 Å². The summed E-state index contributed by atoms with van der Waals surface area (Å²) >= 11 is 0. The number of hydrogen-bond acceptors (Lipinski definition) is 1. The molecule has 98 valence electrons. The zero-order valence-electron chi connectivity index (χ0n) is 11.9. The van der Waals surface area contributed by atoms with Crippen LogP contribution in [0.25, 0.3) is 0 Å². The van der Waals surface area contributed by atoms with Crippen LogP contribution in [0, 0.1) is 0 Å². The highest BCUT2D eigenvalue weighted by Crippen LogP contribution is 2.42. The van der Waals surface area contributed by atoms with E-state index in [-0.39, 0.29) is 10.8 Å². The first-order valence-electron chi connectivity index (χ1n) is 6.54. The number of hydrogen-bond donors (Lipinski definition) is 1. The average molecular weight is 246 g/mol. The van der Waals surface area contributed by atoms with E-state index in [0.29, 0.717) is 5.56 Å². The monoisotopic (exact) mass is 246 g/mol. The second-order valence-electron chi connectivity index (χ2n) is 6.99. The number of carbonyl (C=O) groups is 1. The summed E-state index contributed by atoms with van der Waals surface area (Å²) in [5, 5.41) is 9.41. The first kappa shape index (κ1) is 13.1. The highest BCUT2D eigenvalue weighted by Gasteiger charge is 2.34. The molecule has 0 fully saturated rings. The molecule has 0 saturated heterocycles. The Hall–Kier alpha value is -1.31. The number of aromatic carboxylic acids is 1. The van der Waals surface area contributed by atoms with Crippen molar-refractivity contribution in [3.8, 4) is 0 Å². The maximum absolute atomic E-state index is 11.5. The van der Waals surface area contributed by atoms with Gasteiger partial charge in [-0.1, -0.05) is 40.7 Å². The van der Waals surface area contributed by atoms with E-state index in [1.807, 2.05) is 6.07 Å². The highest BCUT2D eigenvalue weighted by molar-refractivity contribution is 5.90. The third kappa shape index (κ3) is 2.05. The van der Waals surface area contributed by atoms with Crippen LogP contribution < -0.4 is 0 Å². The number of benzene rings is 1. The molecule has 0 spiro atoms. The van der Waals surface area contributed by atoms with Gasteiger partial charge in [0.15, 0.2) is 0 Å². The van der Waals surface area contributed by atoms with Crippen molar-refractivity contribution >= 4 is 5.97 Å². The van der Waals surface area contributed by atoms with Crippen LogP contribution in [0.1, 0.15) is 68.1 Å². The SMILES string of the molecule is CC(C)(C)c1cc(C(=O)O)c2c(c1)C(C)(C)CC2. The van der Waals surface area contributed by atoms with E-state index in [2.05, 4.69) is 40.7 Å². The molecular weight excluding hydrogens is 224 g/mol. The van der Waals surface area contributed by atoms with Gasteiger partial charge < -0.3 is 5.11 Å². The number of carboxylic acid groups (broad SMARTS) is 1. The standard InChI is InChI=1S/C16H22O2/c1-15(2,3)10-8-12(14(17)18)11-6-7-16(4,5)13(11)9-10/h8-9H,6-7H2,1-5H3,(H,17,18). The van der Waals surface area contributed by atoms with Crippen molar-refractivity contribution < 1.29 is 9.90 Å². The smallest absolute Gasteiger partial charge is 0.335 e. The number of fused-ring (bicyclic) bond motifs is 1. The van der Waals surface area contributed by atoms with E-state index in [1.165, 1.54) is 5.56 Å². The summed E-state index contributed by atoms with van der Waals surface area (Å²) in [6.45, 7) is 10.8. The molecule has 2 rings (SSSR count). The molecule has 2 heteroatoms. The van der Waals surface area contributed by atoms with Gasteiger partial charge in [-0.2, -0.15) is 0 Å². The summed E-state index contributed by atoms with van der Waals surface area (Å²) in [5.41, 5.74) is 3.98. The van der Waals surface area contributed by atoms with E-state index < -0.39 is 5.97 Å². The van der Waals surface area contributed by atoms with Gasteiger partial charge in [-0.3, -0.25) is 0 Å². The fraction of sp³-hybridized carbons (Fsp3) is 0.562. The van der Waals surface area contributed by atoms with Crippen molar-refractivity contribution in [1.82, 2.24) is 0 Å². The lowest BCUT2D eigenvalue weighted by Crippen LogP contribution is -2.18. The van der Waals surface area contributed by atoms with Gasteiger partial charge in [0.1, 0.15) is 0 Å². The zero-order chi connectivity index (χ0) is 13.7. The van der Waals surface area contributed by atoms with Crippen molar-refractivity contribution in [2.45, 2.75) is 58.3 Å². The van der Waals surface area contributed by atoms with Gasteiger partial charge in [-0.15, -0.1) is 0 Å². The highest BCUT2D eigenvalue weighted by atomic mass is 16.4. The predicted octanol–water partition coefficient (Wildman–Crippen LogP) is 3.91.